The minimum Gasteiger partial charge on any atom is -0.486 e. The summed E-state index contributed by atoms with van der Waals surface area (Å²) in [5.41, 5.74) is 0.438. The van der Waals surface area contributed by atoms with Gasteiger partial charge in [0.1, 0.15) is 6.61 Å². The van der Waals surface area contributed by atoms with Crippen molar-refractivity contribution in [1.82, 2.24) is 0 Å². The molecule has 1 saturated heterocycles. The molecule has 1 aliphatic heterocycles. The summed E-state index contributed by atoms with van der Waals surface area (Å²) in [5, 5.41) is 20.3. The lowest BCUT2D eigenvalue weighted by molar-refractivity contribution is -0.386. The highest BCUT2D eigenvalue weighted by Crippen LogP contribution is 2.32. The number of nitro benzene ring substituents is 1. The van der Waals surface area contributed by atoms with E-state index in [0.29, 0.717) is 13.2 Å². The number of aryl methyl sites for hydroxylation is 1. The van der Waals surface area contributed by atoms with E-state index in [0.717, 1.165) is 12.0 Å². The first-order valence-corrected chi connectivity index (χ1v) is 6.19. The molecule has 0 radical (unpaired) electrons. The van der Waals surface area contributed by atoms with Gasteiger partial charge in [-0.25, -0.2) is 0 Å². The van der Waals surface area contributed by atoms with Crippen molar-refractivity contribution in [1.29, 1.82) is 0 Å². The Labute approximate surface area is 111 Å². The van der Waals surface area contributed by atoms with E-state index in [9.17, 15) is 15.2 Å². The molecule has 0 atom stereocenters. The molecule has 6 heteroatoms. The second kappa shape index (κ2) is 5.54. The minimum atomic E-state index is -0.447. The van der Waals surface area contributed by atoms with Gasteiger partial charge in [-0.2, -0.15) is 0 Å². The largest absolute Gasteiger partial charge is 0.486 e. The molecule has 0 spiro atoms. The Morgan fingerprint density at radius 3 is 2.74 bits per heavy atom. The third-order valence-electron chi connectivity index (χ3n) is 3.31. The Balaban J connectivity index is 2.13. The summed E-state index contributed by atoms with van der Waals surface area (Å²) >= 11 is 0. The van der Waals surface area contributed by atoms with Crippen molar-refractivity contribution in [3.63, 3.8) is 0 Å². The number of benzene rings is 1. The highest BCUT2D eigenvalue weighted by Gasteiger charge is 2.39. The molecule has 0 aliphatic carbocycles. The first-order chi connectivity index (χ1) is 9.10. The SMILES string of the molecule is CCc1ccc(OCC2(CO)COC2)c([N+](=O)[O-])c1. The maximum absolute atomic E-state index is 11.0. The first-order valence-electron chi connectivity index (χ1n) is 6.19. The van der Waals surface area contributed by atoms with Crippen molar-refractivity contribution in [3.05, 3.63) is 33.9 Å². The lowest BCUT2D eigenvalue weighted by Crippen LogP contribution is -2.49. The lowest BCUT2D eigenvalue weighted by Gasteiger charge is -2.39. The maximum Gasteiger partial charge on any atom is 0.311 e. The van der Waals surface area contributed by atoms with Gasteiger partial charge in [-0.15, -0.1) is 0 Å². The highest BCUT2D eigenvalue weighted by molar-refractivity contribution is 5.48. The normalized spacial score (nSPS) is 16.7. The zero-order chi connectivity index (χ0) is 13.9. The molecule has 104 valence electrons. The van der Waals surface area contributed by atoms with Crippen LogP contribution in [0.25, 0.3) is 0 Å². The fourth-order valence-corrected chi connectivity index (χ4v) is 1.89. The molecule has 0 amide bonds. The van der Waals surface area contributed by atoms with Crippen LogP contribution in [0.3, 0.4) is 0 Å². The Morgan fingerprint density at radius 2 is 2.26 bits per heavy atom. The van der Waals surface area contributed by atoms with Crippen LogP contribution in [0.15, 0.2) is 18.2 Å². The van der Waals surface area contributed by atoms with Crippen molar-refractivity contribution >= 4 is 5.69 Å². The van der Waals surface area contributed by atoms with E-state index < -0.39 is 10.3 Å². The number of aliphatic hydroxyl groups is 1. The quantitative estimate of drug-likeness (QED) is 0.624. The summed E-state index contributed by atoms with van der Waals surface area (Å²) < 4.78 is 10.6. The number of nitro groups is 1. The average molecular weight is 267 g/mol. The topological polar surface area (TPSA) is 81.8 Å². The van der Waals surface area contributed by atoms with Gasteiger partial charge >= 0.3 is 5.69 Å². The average Bonchev–Trinajstić information content (AvgIpc) is 2.38. The van der Waals surface area contributed by atoms with Crippen LogP contribution in [0.1, 0.15) is 12.5 Å². The monoisotopic (exact) mass is 267 g/mol. The number of hydrogen-bond acceptors (Lipinski definition) is 5. The molecule has 1 heterocycles. The predicted octanol–water partition coefficient (Wildman–Crippen LogP) is 1.54. The van der Waals surface area contributed by atoms with Crippen molar-refractivity contribution in [2.24, 2.45) is 5.41 Å². The lowest BCUT2D eigenvalue weighted by atomic mass is 9.88. The summed E-state index contributed by atoms with van der Waals surface area (Å²) in [6.07, 6.45) is 0.732. The molecule has 19 heavy (non-hydrogen) atoms. The second-order valence-electron chi connectivity index (χ2n) is 4.85. The van der Waals surface area contributed by atoms with Crippen LogP contribution in [0.2, 0.25) is 0 Å². The van der Waals surface area contributed by atoms with E-state index in [4.69, 9.17) is 9.47 Å². The molecule has 0 aromatic heterocycles. The zero-order valence-electron chi connectivity index (χ0n) is 10.8. The smallest absolute Gasteiger partial charge is 0.311 e. The number of ether oxygens (including phenoxy) is 2. The van der Waals surface area contributed by atoms with Gasteiger partial charge in [0, 0.05) is 6.07 Å². The molecule has 0 unspecified atom stereocenters. The van der Waals surface area contributed by atoms with Crippen LogP contribution in [-0.4, -0.2) is 36.5 Å². The van der Waals surface area contributed by atoms with E-state index in [1.165, 1.54) is 6.07 Å². The minimum absolute atomic E-state index is 0.0346. The van der Waals surface area contributed by atoms with E-state index in [1.807, 2.05) is 13.0 Å². The molecule has 0 bridgehead atoms. The molecular weight excluding hydrogens is 250 g/mol. The van der Waals surface area contributed by atoms with Gasteiger partial charge in [-0.3, -0.25) is 10.1 Å². The molecule has 1 aromatic carbocycles. The molecule has 6 nitrogen and oxygen atoms in total. The molecule has 0 saturated carbocycles. The van der Waals surface area contributed by atoms with Crippen LogP contribution in [0.5, 0.6) is 5.75 Å². The Hall–Kier alpha value is -1.66. The van der Waals surface area contributed by atoms with Crippen molar-refractivity contribution in [3.8, 4) is 5.75 Å². The third kappa shape index (κ3) is 2.85. The van der Waals surface area contributed by atoms with Crippen molar-refractivity contribution in [2.75, 3.05) is 26.4 Å². The molecule has 1 fully saturated rings. The van der Waals surface area contributed by atoms with Crippen LogP contribution >= 0.6 is 0 Å². The maximum atomic E-state index is 11.0. The van der Waals surface area contributed by atoms with E-state index in [1.54, 1.807) is 6.07 Å². The number of hydrogen-bond donors (Lipinski definition) is 1. The summed E-state index contributed by atoms with van der Waals surface area (Å²) in [4.78, 5) is 10.6. The van der Waals surface area contributed by atoms with Gasteiger partial charge in [-0.05, 0) is 18.1 Å². The van der Waals surface area contributed by atoms with Gasteiger partial charge in [0.05, 0.1) is 30.2 Å². The third-order valence-corrected chi connectivity index (χ3v) is 3.31. The standard InChI is InChI=1S/C13H17NO5/c1-2-10-3-4-12(11(5-10)14(16)17)19-9-13(6-15)7-18-8-13/h3-5,15H,2,6-9H2,1H3. The first kappa shape index (κ1) is 13.8. The number of rotatable bonds is 6. The molecular formula is C13H17NO5. The predicted molar refractivity (Wildman–Crippen MR) is 68.3 cm³/mol. The van der Waals surface area contributed by atoms with E-state index in [2.05, 4.69) is 0 Å². The Kier molecular flexibility index (Phi) is 4.01. The van der Waals surface area contributed by atoms with E-state index >= 15 is 0 Å². The Bertz CT molecular complexity index is 465. The van der Waals surface area contributed by atoms with Gasteiger partial charge in [0.15, 0.2) is 5.75 Å². The van der Waals surface area contributed by atoms with Crippen molar-refractivity contribution in [2.45, 2.75) is 13.3 Å². The zero-order valence-corrected chi connectivity index (χ0v) is 10.8. The van der Waals surface area contributed by atoms with Gasteiger partial charge in [0.25, 0.3) is 0 Å². The van der Waals surface area contributed by atoms with E-state index in [-0.39, 0.29) is 24.7 Å². The van der Waals surface area contributed by atoms with Crippen LogP contribution in [0, 0.1) is 15.5 Å². The molecule has 2 rings (SSSR count). The summed E-state index contributed by atoms with van der Waals surface area (Å²) in [6.45, 7) is 2.95. The van der Waals surface area contributed by atoms with Crippen LogP contribution in [0.4, 0.5) is 5.69 Å². The number of aliphatic hydroxyl groups excluding tert-OH is 1. The fourth-order valence-electron chi connectivity index (χ4n) is 1.89. The second-order valence-corrected chi connectivity index (χ2v) is 4.85. The highest BCUT2D eigenvalue weighted by atomic mass is 16.6. The van der Waals surface area contributed by atoms with Gasteiger partial charge in [-0.1, -0.05) is 13.0 Å². The van der Waals surface area contributed by atoms with Crippen LogP contribution in [-0.2, 0) is 11.2 Å². The van der Waals surface area contributed by atoms with Crippen LogP contribution < -0.4 is 4.74 Å². The van der Waals surface area contributed by atoms with Gasteiger partial charge < -0.3 is 14.6 Å². The molecule has 1 aliphatic rings. The van der Waals surface area contributed by atoms with Crippen molar-refractivity contribution < 1.29 is 19.5 Å². The fraction of sp³-hybridized carbons (Fsp3) is 0.538. The summed E-state index contributed by atoms with van der Waals surface area (Å²) in [6, 6.07) is 4.95. The summed E-state index contributed by atoms with van der Waals surface area (Å²) in [7, 11) is 0. The molecule has 1 aromatic rings. The summed E-state index contributed by atoms with van der Waals surface area (Å²) in [5.74, 6) is 0.238. The van der Waals surface area contributed by atoms with Gasteiger partial charge in [0.2, 0.25) is 0 Å². The molecule has 1 N–H and O–H groups in total. The number of nitrogens with zero attached hydrogens (tertiary/aromatic N) is 1. The Morgan fingerprint density at radius 1 is 1.53 bits per heavy atom.